The number of rotatable bonds is 4. The van der Waals surface area contributed by atoms with Gasteiger partial charge in [0.25, 0.3) is 0 Å². The van der Waals surface area contributed by atoms with E-state index in [1.54, 1.807) is 11.3 Å². The number of nitrogens with one attached hydrogen (secondary N) is 1. The number of fused-ring (bicyclic) bond motifs is 12. The molecule has 2 unspecified atom stereocenters. The van der Waals surface area contributed by atoms with E-state index in [4.69, 9.17) is 4.99 Å². The van der Waals surface area contributed by atoms with Crippen LogP contribution in [0.15, 0.2) is 193 Å². The Morgan fingerprint density at radius 2 is 1.45 bits per heavy atom. The average Bonchev–Trinajstić information content (AvgIpc) is 3.95. The highest BCUT2D eigenvalue weighted by atomic mass is 32.1. The summed E-state index contributed by atoms with van der Waals surface area (Å²) in [6.07, 6.45) is 27.2. The summed E-state index contributed by atoms with van der Waals surface area (Å²) in [6, 6.07) is 47.0. The summed E-state index contributed by atoms with van der Waals surface area (Å²) in [6.45, 7) is 2.42. The van der Waals surface area contributed by atoms with Crippen molar-refractivity contribution in [1.82, 2.24) is 14.5 Å². The quantitative estimate of drug-likeness (QED) is 0.189. The molecule has 1 N–H and O–H groups in total. The van der Waals surface area contributed by atoms with Crippen molar-refractivity contribution in [3.05, 3.63) is 216 Å². The summed E-state index contributed by atoms with van der Waals surface area (Å²) < 4.78 is 6.23. The highest BCUT2D eigenvalue weighted by molar-refractivity contribution is 7.23. The molecule has 3 atom stereocenters. The number of thiophene rings is 1. The van der Waals surface area contributed by atoms with E-state index >= 15 is 0 Å². The fraction of sp³-hybridized carbons (Fsp3) is 0.105. The third-order valence-electron chi connectivity index (χ3n) is 13.7. The largest absolute Gasteiger partial charge is 0.345 e. The number of benzene rings is 6. The van der Waals surface area contributed by atoms with E-state index in [9.17, 15) is 0 Å². The Labute approximate surface area is 364 Å². The molecule has 62 heavy (non-hydrogen) atoms. The van der Waals surface area contributed by atoms with E-state index in [-0.39, 0.29) is 17.5 Å². The summed E-state index contributed by atoms with van der Waals surface area (Å²) in [7, 11) is 0. The van der Waals surface area contributed by atoms with Gasteiger partial charge in [-0.25, -0.2) is 4.99 Å². The lowest BCUT2D eigenvalue weighted by Gasteiger charge is -2.38. The van der Waals surface area contributed by atoms with Gasteiger partial charge in [0.05, 0.1) is 16.6 Å². The Morgan fingerprint density at radius 3 is 2.37 bits per heavy atom. The lowest BCUT2D eigenvalue weighted by atomic mass is 9.66. The predicted octanol–water partition coefficient (Wildman–Crippen LogP) is 14.7. The fourth-order valence-electron chi connectivity index (χ4n) is 10.7. The second kappa shape index (κ2) is 13.7. The van der Waals surface area contributed by atoms with Crippen molar-refractivity contribution in [1.29, 1.82) is 0 Å². The molecule has 0 radical (unpaired) electrons. The fourth-order valence-corrected chi connectivity index (χ4v) is 11.8. The van der Waals surface area contributed by atoms with Gasteiger partial charge in [-0.1, -0.05) is 153 Å². The minimum Gasteiger partial charge on any atom is -0.345 e. The number of para-hydroxylation sites is 2. The van der Waals surface area contributed by atoms with Gasteiger partial charge >= 0.3 is 0 Å². The molecule has 3 aromatic heterocycles. The van der Waals surface area contributed by atoms with E-state index < -0.39 is 0 Å². The van der Waals surface area contributed by atoms with Crippen LogP contribution in [-0.2, 0) is 5.41 Å². The van der Waals surface area contributed by atoms with Gasteiger partial charge in [0.1, 0.15) is 17.0 Å². The first-order valence-corrected chi connectivity index (χ1v) is 22.6. The van der Waals surface area contributed by atoms with Crippen molar-refractivity contribution in [2.24, 2.45) is 10.9 Å². The van der Waals surface area contributed by atoms with Crippen molar-refractivity contribution < 1.29 is 0 Å². The molecule has 4 nitrogen and oxygen atoms in total. The zero-order chi connectivity index (χ0) is 40.9. The average molecular weight is 815 g/mol. The summed E-state index contributed by atoms with van der Waals surface area (Å²) in [5, 5.41) is 12.7. The molecule has 5 heteroatoms. The monoisotopic (exact) mass is 814 g/mol. The van der Waals surface area contributed by atoms with Crippen LogP contribution in [0.1, 0.15) is 53.9 Å². The molecule has 0 amide bonds. The highest BCUT2D eigenvalue weighted by Crippen LogP contribution is 2.52. The van der Waals surface area contributed by atoms with Crippen molar-refractivity contribution in [3.8, 4) is 5.69 Å². The molecule has 6 aromatic carbocycles. The van der Waals surface area contributed by atoms with E-state index in [2.05, 4.69) is 216 Å². The number of hydrogen-bond donors (Lipinski definition) is 1. The molecule has 3 aliphatic carbocycles. The van der Waals surface area contributed by atoms with Crippen LogP contribution < -0.4 is 5.32 Å². The topological polar surface area (TPSA) is 34.2 Å². The molecule has 0 saturated carbocycles. The Bertz CT molecular complexity index is 3580. The molecular weight excluding hydrogens is 773 g/mol. The summed E-state index contributed by atoms with van der Waals surface area (Å²) in [5.41, 5.74) is 11.9. The van der Waals surface area contributed by atoms with Crippen LogP contribution in [0.2, 0.25) is 0 Å². The molecule has 4 heterocycles. The second-order valence-corrected chi connectivity index (χ2v) is 18.3. The van der Waals surface area contributed by atoms with Crippen LogP contribution in [0.3, 0.4) is 0 Å². The molecule has 13 rings (SSSR count). The first kappa shape index (κ1) is 35.5. The van der Waals surface area contributed by atoms with Crippen LogP contribution in [0.4, 0.5) is 5.00 Å². The third kappa shape index (κ3) is 5.28. The number of hydrogen-bond acceptors (Lipinski definition) is 3. The maximum Gasteiger partial charge on any atom is 0.136 e. The molecule has 0 bridgehead atoms. The van der Waals surface area contributed by atoms with Gasteiger partial charge in [0.15, 0.2) is 0 Å². The number of allylic oxidation sites excluding steroid dienone is 11. The van der Waals surface area contributed by atoms with Crippen molar-refractivity contribution in [2.75, 3.05) is 0 Å². The Balaban J connectivity index is 1.07. The maximum atomic E-state index is 5.59. The van der Waals surface area contributed by atoms with Gasteiger partial charge < -0.3 is 14.5 Å². The molecule has 0 saturated heterocycles. The molecule has 296 valence electrons. The number of nitrogens with zero attached hydrogens (tertiary/aromatic N) is 3. The molecule has 1 aliphatic heterocycles. The zero-order valence-electron chi connectivity index (χ0n) is 34.3. The number of aromatic nitrogens is 2. The lowest BCUT2D eigenvalue weighted by molar-refractivity contribution is 0.486. The predicted molar refractivity (Wildman–Crippen MR) is 263 cm³/mol. The van der Waals surface area contributed by atoms with E-state index in [0.717, 1.165) is 40.4 Å². The summed E-state index contributed by atoms with van der Waals surface area (Å²) in [4.78, 5) is 5.59. The first-order chi connectivity index (χ1) is 30.6. The summed E-state index contributed by atoms with van der Waals surface area (Å²) in [5.74, 6) is 1.14. The van der Waals surface area contributed by atoms with Crippen LogP contribution in [-0.4, -0.2) is 15.0 Å². The SMILES string of the molecule is C[C@]12C=CC=CC1C=Cc1c2c2cc3ccccc3cc2n1C1NC(c2ccc3c4ccccc4n(-c4ccccc4)c3c2)=Nc2sc3cc(C4=C/C=C\CCC=C4)ccc3c21. The van der Waals surface area contributed by atoms with Crippen LogP contribution in [0.5, 0.6) is 0 Å². The minimum atomic E-state index is -0.239. The molecule has 9 aromatic rings. The van der Waals surface area contributed by atoms with Gasteiger partial charge in [0, 0.05) is 60.1 Å². The Kier molecular flexibility index (Phi) is 7.82. The molecular formula is C57H42N4S. The molecule has 4 aliphatic rings. The van der Waals surface area contributed by atoms with Crippen LogP contribution >= 0.6 is 11.3 Å². The van der Waals surface area contributed by atoms with Gasteiger partial charge in [0.2, 0.25) is 0 Å². The summed E-state index contributed by atoms with van der Waals surface area (Å²) >= 11 is 1.80. The minimum absolute atomic E-state index is 0.200. The van der Waals surface area contributed by atoms with Crippen molar-refractivity contribution in [3.63, 3.8) is 0 Å². The van der Waals surface area contributed by atoms with Crippen molar-refractivity contribution >= 4 is 87.4 Å². The van der Waals surface area contributed by atoms with Gasteiger partial charge in [-0.15, -0.1) is 11.3 Å². The smallest absolute Gasteiger partial charge is 0.136 e. The molecule has 0 fully saturated rings. The third-order valence-corrected chi connectivity index (χ3v) is 14.8. The first-order valence-electron chi connectivity index (χ1n) is 21.8. The zero-order valence-corrected chi connectivity index (χ0v) is 35.1. The standard InChI is InChI=1S/C57H42N4S/c1-57-31-15-14-20-41(57)27-30-48-53(57)46-32-37-18-10-11-19-38(37)33-50(46)61(48)55-52-45-29-25-39(36-16-6-3-2-4-7-17-36)35-51(45)62-56(52)59-54(58-55)40-26-28-44-43-23-12-13-24-47(43)60(49(44)34-40)42-21-8-5-9-22-42/h3,5-35,41,55H,2,4H2,1H3,(H,58,59)/b6-3-,17-7?,36-16?/t41?,55?,57-/m0/s1. The van der Waals surface area contributed by atoms with Gasteiger partial charge in [-0.2, -0.15) is 0 Å². The van der Waals surface area contributed by atoms with E-state index in [1.165, 1.54) is 76.0 Å². The van der Waals surface area contributed by atoms with Gasteiger partial charge in [-0.3, -0.25) is 0 Å². The van der Waals surface area contributed by atoms with Crippen LogP contribution in [0.25, 0.3) is 70.9 Å². The van der Waals surface area contributed by atoms with Gasteiger partial charge in [-0.05, 0) is 88.9 Å². The van der Waals surface area contributed by atoms with E-state index in [0.29, 0.717) is 0 Å². The number of amidine groups is 1. The lowest BCUT2D eigenvalue weighted by Crippen LogP contribution is -2.37. The normalized spacial score (nSPS) is 20.8. The Hall–Kier alpha value is -7.21. The number of aliphatic imine (C=N–C) groups is 1. The highest BCUT2D eigenvalue weighted by Gasteiger charge is 2.42. The Morgan fingerprint density at radius 1 is 0.661 bits per heavy atom. The maximum absolute atomic E-state index is 5.59. The second-order valence-electron chi connectivity index (χ2n) is 17.2. The van der Waals surface area contributed by atoms with Crippen molar-refractivity contribution in [2.45, 2.75) is 31.3 Å². The van der Waals surface area contributed by atoms with E-state index in [1.807, 2.05) is 0 Å². The molecule has 0 spiro atoms. The van der Waals surface area contributed by atoms with Crippen LogP contribution in [0, 0.1) is 5.92 Å².